The number of hydrogen-bond acceptors (Lipinski definition) is 4. The third-order valence-electron chi connectivity index (χ3n) is 3.23. The first-order valence-electron chi connectivity index (χ1n) is 6.92. The molecule has 2 atom stereocenters. The smallest absolute Gasteiger partial charge is 0.254 e. The molecule has 1 aromatic rings. The number of aliphatic hydroxyl groups is 1. The Morgan fingerprint density at radius 1 is 1.40 bits per heavy atom. The van der Waals surface area contributed by atoms with Gasteiger partial charge in [0.1, 0.15) is 5.75 Å². The van der Waals surface area contributed by atoms with Crippen LogP contribution in [0.5, 0.6) is 5.75 Å². The van der Waals surface area contributed by atoms with Crippen LogP contribution in [-0.4, -0.2) is 54.4 Å². The number of carbonyl (C=O) groups excluding carboxylic acids is 1. The van der Waals surface area contributed by atoms with Gasteiger partial charge in [-0.05, 0) is 38.1 Å². The lowest BCUT2D eigenvalue weighted by atomic mass is 10.1. The van der Waals surface area contributed by atoms with Crippen LogP contribution in [-0.2, 0) is 4.74 Å². The van der Waals surface area contributed by atoms with E-state index in [0.29, 0.717) is 25.3 Å². The molecule has 5 heteroatoms. The highest BCUT2D eigenvalue weighted by molar-refractivity contribution is 5.94. The zero-order valence-electron chi connectivity index (χ0n) is 11.9. The Balaban J connectivity index is 2.06. The molecule has 1 amide bonds. The molecule has 1 heterocycles. The lowest BCUT2D eigenvalue weighted by Crippen LogP contribution is -2.50. The highest BCUT2D eigenvalue weighted by Crippen LogP contribution is 2.17. The molecule has 1 N–H and O–H groups in total. The number of nitrogens with zero attached hydrogens (tertiary/aromatic N) is 1. The van der Waals surface area contributed by atoms with E-state index in [0.717, 1.165) is 5.75 Å². The zero-order valence-corrected chi connectivity index (χ0v) is 11.9. The van der Waals surface area contributed by atoms with Crippen LogP contribution in [0.1, 0.15) is 24.2 Å². The van der Waals surface area contributed by atoms with Crippen molar-refractivity contribution in [1.29, 1.82) is 0 Å². The van der Waals surface area contributed by atoms with Crippen LogP contribution < -0.4 is 4.74 Å². The third-order valence-corrected chi connectivity index (χ3v) is 3.23. The summed E-state index contributed by atoms with van der Waals surface area (Å²) in [6, 6.07) is 7.12. The van der Waals surface area contributed by atoms with Crippen molar-refractivity contribution in [3.05, 3.63) is 29.8 Å². The molecule has 2 rings (SSSR count). The van der Waals surface area contributed by atoms with Crippen LogP contribution in [0, 0.1) is 0 Å². The number of rotatable bonds is 4. The van der Waals surface area contributed by atoms with Crippen molar-refractivity contribution in [2.75, 3.05) is 26.3 Å². The van der Waals surface area contributed by atoms with Crippen molar-refractivity contribution in [3.8, 4) is 5.75 Å². The predicted octanol–water partition coefficient (Wildman–Crippen LogP) is 1.31. The fourth-order valence-electron chi connectivity index (χ4n) is 2.35. The van der Waals surface area contributed by atoms with E-state index in [2.05, 4.69) is 0 Å². The summed E-state index contributed by atoms with van der Waals surface area (Å²) in [4.78, 5) is 14.2. The second kappa shape index (κ2) is 6.72. The summed E-state index contributed by atoms with van der Waals surface area (Å²) in [6.45, 7) is 5.32. The van der Waals surface area contributed by atoms with E-state index in [9.17, 15) is 9.90 Å². The first-order valence-corrected chi connectivity index (χ1v) is 6.92. The number of carbonyl (C=O) groups is 1. The Morgan fingerprint density at radius 2 is 2.10 bits per heavy atom. The third kappa shape index (κ3) is 3.49. The van der Waals surface area contributed by atoms with Crippen LogP contribution in [0.2, 0.25) is 0 Å². The van der Waals surface area contributed by atoms with Crippen molar-refractivity contribution in [3.63, 3.8) is 0 Å². The molecule has 0 saturated carbocycles. The maximum absolute atomic E-state index is 12.4. The van der Waals surface area contributed by atoms with E-state index < -0.39 is 0 Å². The fraction of sp³-hybridized carbons (Fsp3) is 0.533. The van der Waals surface area contributed by atoms with Crippen molar-refractivity contribution in [2.45, 2.75) is 26.1 Å². The number of hydrogen-bond donors (Lipinski definition) is 1. The summed E-state index contributed by atoms with van der Waals surface area (Å²) < 4.78 is 10.9. The summed E-state index contributed by atoms with van der Waals surface area (Å²) in [6.07, 6.45) is -0.363. The Labute approximate surface area is 119 Å². The Bertz CT molecular complexity index is 446. The molecule has 0 bridgehead atoms. The van der Waals surface area contributed by atoms with Gasteiger partial charge < -0.3 is 19.5 Å². The molecule has 110 valence electrons. The molecule has 1 saturated heterocycles. The molecule has 0 radical (unpaired) electrons. The molecule has 0 spiro atoms. The van der Waals surface area contributed by atoms with Gasteiger partial charge >= 0.3 is 0 Å². The van der Waals surface area contributed by atoms with E-state index in [1.54, 1.807) is 29.2 Å². The molecular formula is C15H21NO4. The van der Waals surface area contributed by atoms with E-state index in [4.69, 9.17) is 9.47 Å². The summed E-state index contributed by atoms with van der Waals surface area (Å²) in [5.74, 6) is 0.717. The summed E-state index contributed by atoms with van der Waals surface area (Å²) in [7, 11) is 0. The van der Waals surface area contributed by atoms with Crippen molar-refractivity contribution in [2.24, 2.45) is 0 Å². The van der Waals surface area contributed by atoms with Crippen LogP contribution in [0.15, 0.2) is 24.3 Å². The molecule has 20 heavy (non-hydrogen) atoms. The van der Waals surface area contributed by atoms with Gasteiger partial charge in [0, 0.05) is 18.7 Å². The van der Waals surface area contributed by atoms with E-state index in [1.165, 1.54) is 0 Å². The van der Waals surface area contributed by atoms with E-state index in [-0.39, 0.29) is 24.7 Å². The average Bonchev–Trinajstić information content (AvgIpc) is 2.47. The Hall–Kier alpha value is -1.59. The quantitative estimate of drug-likeness (QED) is 0.902. The molecule has 1 aliphatic rings. The van der Waals surface area contributed by atoms with Crippen molar-refractivity contribution >= 4 is 5.91 Å². The predicted molar refractivity (Wildman–Crippen MR) is 74.9 cm³/mol. The maximum atomic E-state index is 12.4. The zero-order chi connectivity index (χ0) is 14.5. The lowest BCUT2D eigenvalue weighted by Gasteiger charge is -2.36. The lowest BCUT2D eigenvalue weighted by molar-refractivity contribution is -0.0858. The van der Waals surface area contributed by atoms with Crippen LogP contribution in [0.4, 0.5) is 0 Å². The van der Waals surface area contributed by atoms with Gasteiger partial charge in [0.25, 0.3) is 5.91 Å². The SMILES string of the molecule is CCOc1ccc(C(=O)N2C[C@@H](CO)O[C@H](C)C2)cc1. The standard InChI is InChI=1S/C15H21NO4/c1-3-19-13-6-4-12(5-7-13)15(18)16-8-11(2)20-14(9-16)10-17/h4-7,11,14,17H,3,8-10H2,1-2H3/t11-,14+/m1/s1. The first kappa shape index (κ1) is 14.8. The molecular weight excluding hydrogens is 258 g/mol. The number of amides is 1. The summed E-state index contributed by atoms with van der Waals surface area (Å²) >= 11 is 0. The molecule has 1 aromatic carbocycles. The van der Waals surface area contributed by atoms with E-state index in [1.807, 2.05) is 13.8 Å². The topological polar surface area (TPSA) is 59.0 Å². The van der Waals surface area contributed by atoms with Crippen LogP contribution in [0.25, 0.3) is 0 Å². The van der Waals surface area contributed by atoms with Crippen molar-refractivity contribution < 1.29 is 19.4 Å². The van der Waals surface area contributed by atoms with Gasteiger partial charge in [-0.2, -0.15) is 0 Å². The molecule has 5 nitrogen and oxygen atoms in total. The Kier molecular flexibility index (Phi) is 4.98. The number of benzene rings is 1. The van der Waals surface area contributed by atoms with E-state index >= 15 is 0 Å². The molecule has 1 fully saturated rings. The normalized spacial score (nSPS) is 22.6. The molecule has 1 aliphatic heterocycles. The Morgan fingerprint density at radius 3 is 2.70 bits per heavy atom. The summed E-state index contributed by atoms with van der Waals surface area (Å²) in [5, 5.41) is 9.19. The largest absolute Gasteiger partial charge is 0.494 e. The van der Waals surface area contributed by atoms with Gasteiger partial charge in [-0.3, -0.25) is 4.79 Å². The van der Waals surface area contributed by atoms with Gasteiger partial charge in [0.2, 0.25) is 0 Å². The minimum absolute atomic E-state index is 0.0401. The molecule has 0 aromatic heterocycles. The number of ether oxygens (including phenoxy) is 2. The molecule has 0 unspecified atom stereocenters. The number of aliphatic hydroxyl groups excluding tert-OH is 1. The van der Waals surface area contributed by atoms with Crippen LogP contribution >= 0.6 is 0 Å². The maximum Gasteiger partial charge on any atom is 0.254 e. The average molecular weight is 279 g/mol. The fourth-order valence-corrected chi connectivity index (χ4v) is 2.35. The second-order valence-corrected chi connectivity index (χ2v) is 4.92. The van der Waals surface area contributed by atoms with Gasteiger partial charge in [-0.25, -0.2) is 0 Å². The van der Waals surface area contributed by atoms with Crippen molar-refractivity contribution in [1.82, 2.24) is 4.90 Å². The molecule has 0 aliphatic carbocycles. The highest BCUT2D eigenvalue weighted by Gasteiger charge is 2.28. The van der Waals surface area contributed by atoms with Gasteiger partial charge in [-0.1, -0.05) is 0 Å². The minimum atomic E-state index is -0.301. The monoisotopic (exact) mass is 279 g/mol. The highest BCUT2D eigenvalue weighted by atomic mass is 16.5. The van der Waals surface area contributed by atoms with Gasteiger partial charge in [0.15, 0.2) is 0 Å². The second-order valence-electron chi connectivity index (χ2n) is 4.92. The summed E-state index contributed by atoms with van der Waals surface area (Å²) in [5.41, 5.74) is 0.624. The van der Waals surface area contributed by atoms with Gasteiger partial charge in [-0.15, -0.1) is 0 Å². The van der Waals surface area contributed by atoms with Crippen LogP contribution in [0.3, 0.4) is 0 Å². The number of morpholine rings is 1. The first-order chi connectivity index (χ1) is 9.63. The van der Waals surface area contributed by atoms with Gasteiger partial charge in [0.05, 0.1) is 25.4 Å². The minimum Gasteiger partial charge on any atom is -0.494 e.